The summed E-state index contributed by atoms with van der Waals surface area (Å²) in [7, 11) is 1.45. The summed E-state index contributed by atoms with van der Waals surface area (Å²) in [6.07, 6.45) is 0.126. The van der Waals surface area contributed by atoms with Crippen LogP contribution in [-0.4, -0.2) is 48.7 Å². The lowest BCUT2D eigenvalue weighted by atomic mass is 10.0. The summed E-state index contributed by atoms with van der Waals surface area (Å²) < 4.78 is 4.85. The third kappa shape index (κ3) is 6.36. The van der Waals surface area contributed by atoms with Gasteiger partial charge in [0.25, 0.3) is 5.91 Å². The van der Waals surface area contributed by atoms with Crippen molar-refractivity contribution in [3.8, 4) is 0 Å². The first-order chi connectivity index (χ1) is 11.8. The second kappa shape index (κ2) is 10.0. The van der Waals surface area contributed by atoms with E-state index in [1.54, 1.807) is 38.1 Å². The number of carboxylic acids is 1. The molecule has 0 heterocycles. The predicted molar refractivity (Wildman–Crippen MR) is 93.6 cm³/mol. The third-order valence-corrected chi connectivity index (χ3v) is 3.91. The summed E-state index contributed by atoms with van der Waals surface area (Å²) in [6, 6.07) is 4.49. The smallest absolute Gasteiger partial charge is 0.326 e. The van der Waals surface area contributed by atoms with Gasteiger partial charge in [-0.3, -0.25) is 9.59 Å². The molecule has 0 fully saturated rings. The summed E-state index contributed by atoms with van der Waals surface area (Å²) in [6.45, 7) is 3.69. The Morgan fingerprint density at radius 2 is 1.84 bits per heavy atom. The van der Waals surface area contributed by atoms with Crippen molar-refractivity contribution in [3.05, 3.63) is 34.9 Å². The first-order valence-corrected chi connectivity index (χ1v) is 8.23. The van der Waals surface area contributed by atoms with E-state index in [0.29, 0.717) is 0 Å². The second-order valence-electron chi connectivity index (χ2n) is 5.86. The Bertz CT molecular complexity index is 621. The van der Waals surface area contributed by atoms with Crippen molar-refractivity contribution < 1.29 is 24.2 Å². The maximum atomic E-state index is 12.5. The maximum Gasteiger partial charge on any atom is 0.326 e. The van der Waals surface area contributed by atoms with Crippen LogP contribution in [0.15, 0.2) is 24.3 Å². The van der Waals surface area contributed by atoms with Gasteiger partial charge in [-0.2, -0.15) is 0 Å². The number of carbonyl (C=O) groups is 3. The molecule has 2 amide bonds. The average Bonchev–Trinajstić information content (AvgIpc) is 2.55. The number of halogens is 1. The normalized spacial score (nSPS) is 13.2. The lowest BCUT2D eigenvalue weighted by Crippen LogP contribution is -2.53. The lowest BCUT2D eigenvalue weighted by molar-refractivity contribution is -0.142. The number of amides is 2. The second-order valence-corrected chi connectivity index (χ2v) is 6.26. The maximum absolute atomic E-state index is 12.5. The van der Waals surface area contributed by atoms with Gasteiger partial charge in [0.05, 0.1) is 10.6 Å². The van der Waals surface area contributed by atoms with E-state index in [-0.39, 0.29) is 29.5 Å². The molecule has 0 aromatic heterocycles. The molecule has 138 valence electrons. The van der Waals surface area contributed by atoms with Crippen molar-refractivity contribution in [2.75, 3.05) is 13.7 Å². The molecular formula is C17H23ClN2O5. The zero-order chi connectivity index (χ0) is 19.0. The highest BCUT2D eigenvalue weighted by atomic mass is 35.5. The van der Waals surface area contributed by atoms with Crippen molar-refractivity contribution >= 4 is 29.4 Å². The molecule has 1 rings (SSSR count). The molecule has 2 atom stereocenters. The fraction of sp³-hybridized carbons (Fsp3) is 0.471. The van der Waals surface area contributed by atoms with E-state index in [9.17, 15) is 19.5 Å². The largest absolute Gasteiger partial charge is 0.480 e. The molecule has 0 aliphatic heterocycles. The molecule has 2 unspecified atom stereocenters. The number of aliphatic carboxylic acids is 1. The van der Waals surface area contributed by atoms with Gasteiger partial charge in [0.1, 0.15) is 12.1 Å². The molecule has 0 saturated heterocycles. The summed E-state index contributed by atoms with van der Waals surface area (Å²) in [4.78, 5) is 36.1. The SMILES string of the molecule is COCCC(NC(=O)C(NC(=O)c1ccccc1Cl)C(C)C)C(=O)O. The van der Waals surface area contributed by atoms with Crippen molar-refractivity contribution in [2.24, 2.45) is 5.92 Å². The zero-order valence-electron chi connectivity index (χ0n) is 14.4. The van der Waals surface area contributed by atoms with E-state index in [4.69, 9.17) is 16.3 Å². The highest BCUT2D eigenvalue weighted by molar-refractivity contribution is 6.33. The van der Waals surface area contributed by atoms with Crippen LogP contribution >= 0.6 is 11.6 Å². The summed E-state index contributed by atoms with van der Waals surface area (Å²) in [5.41, 5.74) is 0.247. The van der Waals surface area contributed by atoms with Crippen LogP contribution < -0.4 is 10.6 Å². The molecule has 0 aliphatic carbocycles. The van der Waals surface area contributed by atoms with Crippen LogP contribution in [0.2, 0.25) is 5.02 Å². The van der Waals surface area contributed by atoms with Gasteiger partial charge in [-0.1, -0.05) is 37.6 Å². The summed E-state index contributed by atoms with van der Waals surface area (Å²) >= 11 is 5.99. The minimum atomic E-state index is -1.16. The predicted octanol–water partition coefficient (Wildman–Crippen LogP) is 1.70. The van der Waals surface area contributed by atoms with Gasteiger partial charge in [0.15, 0.2) is 0 Å². The molecular weight excluding hydrogens is 348 g/mol. The van der Waals surface area contributed by atoms with Crippen LogP contribution in [0.3, 0.4) is 0 Å². The van der Waals surface area contributed by atoms with E-state index >= 15 is 0 Å². The van der Waals surface area contributed by atoms with E-state index < -0.39 is 29.9 Å². The number of rotatable bonds is 9. The molecule has 3 N–H and O–H groups in total. The minimum Gasteiger partial charge on any atom is -0.480 e. The van der Waals surface area contributed by atoms with Crippen LogP contribution in [0.1, 0.15) is 30.6 Å². The number of benzene rings is 1. The number of methoxy groups -OCH3 is 1. The minimum absolute atomic E-state index is 0.126. The van der Waals surface area contributed by atoms with Crippen LogP contribution in [0.4, 0.5) is 0 Å². The van der Waals surface area contributed by atoms with E-state index in [1.807, 2.05) is 0 Å². The van der Waals surface area contributed by atoms with E-state index in [2.05, 4.69) is 10.6 Å². The van der Waals surface area contributed by atoms with Gasteiger partial charge in [-0.15, -0.1) is 0 Å². The van der Waals surface area contributed by atoms with Gasteiger partial charge >= 0.3 is 5.97 Å². The first-order valence-electron chi connectivity index (χ1n) is 7.85. The molecule has 8 heteroatoms. The number of carboxylic acid groups (broad SMARTS) is 1. The van der Waals surface area contributed by atoms with Crippen molar-refractivity contribution in [2.45, 2.75) is 32.4 Å². The Morgan fingerprint density at radius 3 is 2.36 bits per heavy atom. The van der Waals surface area contributed by atoms with E-state index in [1.165, 1.54) is 7.11 Å². The summed E-state index contributed by atoms with van der Waals surface area (Å²) in [5.74, 6) is -2.48. The molecule has 0 aliphatic rings. The monoisotopic (exact) mass is 370 g/mol. The molecule has 0 radical (unpaired) electrons. The molecule has 0 saturated carbocycles. The molecule has 25 heavy (non-hydrogen) atoms. The Labute approximate surface area is 151 Å². The fourth-order valence-corrected chi connectivity index (χ4v) is 2.38. The van der Waals surface area contributed by atoms with Crippen molar-refractivity contribution in [1.82, 2.24) is 10.6 Å². The molecule has 1 aromatic rings. The molecule has 7 nitrogen and oxygen atoms in total. The number of nitrogens with one attached hydrogen (secondary N) is 2. The number of hydrogen-bond donors (Lipinski definition) is 3. The molecule has 0 spiro atoms. The fourth-order valence-electron chi connectivity index (χ4n) is 2.15. The van der Waals surface area contributed by atoms with Gasteiger partial charge in [0.2, 0.25) is 5.91 Å². The topological polar surface area (TPSA) is 105 Å². The lowest BCUT2D eigenvalue weighted by Gasteiger charge is -2.24. The first kappa shape index (κ1) is 20.9. The number of ether oxygens (including phenoxy) is 1. The van der Waals surface area contributed by atoms with Crippen LogP contribution in [0.25, 0.3) is 0 Å². The zero-order valence-corrected chi connectivity index (χ0v) is 15.2. The number of hydrogen-bond acceptors (Lipinski definition) is 4. The third-order valence-electron chi connectivity index (χ3n) is 3.58. The summed E-state index contributed by atoms with van der Waals surface area (Å²) in [5, 5.41) is 14.5. The van der Waals surface area contributed by atoms with Crippen LogP contribution in [0, 0.1) is 5.92 Å². The van der Waals surface area contributed by atoms with Crippen LogP contribution in [-0.2, 0) is 14.3 Å². The van der Waals surface area contributed by atoms with Gasteiger partial charge < -0.3 is 20.5 Å². The highest BCUT2D eigenvalue weighted by Gasteiger charge is 2.29. The highest BCUT2D eigenvalue weighted by Crippen LogP contribution is 2.15. The Hall–Kier alpha value is -2.12. The Balaban J connectivity index is 2.84. The van der Waals surface area contributed by atoms with Crippen molar-refractivity contribution in [3.63, 3.8) is 0 Å². The molecule has 0 bridgehead atoms. The van der Waals surface area contributed by atoms with E-state index in [0.717, 1.165) is 0 Å². The van der Waals surface area contributed by atoms with Crippen molar-refractivity contribution in [1.29, 1.82) is 0 Å². The average molecular weight is 371 g/mol. The van der Waals surface area contributed by atoms with Gasteiger partial charge in [-0.25, -0.2) is 4.79 Å². The Kier molecular flexibility index (Phi) is 8.37. The molecule has 1 aromatic carbocycles. The van der Waals surface area contributed by atoms with Crippen LogP contribution in [0.5, 0.6) is 0 Å². The quantitative estimate of drug-likeness (QED) is 0.613. The van der Waals surface area contributed by atoms with Gasteiger partial charge in [0, 0.05) is 20.1 Å². The van der Waals surface area contributed by atoms with Gasteiger partial charge in [-0.05, 0) is 18.1 Å². The number of carbonyl (C=O) groups excluding carboxylic acids is 2. The Morgan fingerprint density at radius 1 is 1.20 bits per heavy atom. The standard InChI is InChI=1S/C17H23ClN2O5/c1-10(2)14(16(22)19-13(17(23)24)8-9-25-3)20-15(21)11-6-4-5-7-12(11)18/h4-7,10,13-14H,8-9H2,1-3H3,(H,19,22)(H,20,21)(H,23,24).